The minimum Gasteiger partial charge on any atom is -0.425 e. The highest BCUT2D eigenvalue weighted by atomic mass is 16.5. The molecule has 128 valence electrons. The molecule has 1 aliphatic heterocycles. The Morgan fingerprint density at radius 2 is 1.83 bits per heavy atom. The molecule has 0 spiro atoms. The van der Waals surface area contributed by atoms with Crippen molar-refractivity contribution in [1.82, 2.24) is 4.98 Å². The Morgan fingerprint density at radius 3 is 2.67 bits per heavy atom. The van der Waals surface area contributed by atoms with Gasteiger partial charge in [-0.25, -0.2) is 0 Å². The van der Waals surface area contributed by atoms with Crippen LogP contribution < -0.4 is 10.3 Å². The molecule has 3 rings (SSSR count). The number of esters is 1. The molecule has 2 aromatic rings. The van der Waals surface area contributed by atoms with Crippen molar-refractivity contribution in [2.45, 2.75) is 64.2 Å². The van der Waals surface area contributed by atoms with E-state index in [4.69, 9.17) is 4.74 Å². The number of aromatic amines is 1. The standard InChI is InChI=1S/C20H25NO3/c1-2-3-4-5-6-7-10-14-13-17(22)24-19-15-11-8-9-12-16(15)21-20(23)18(14)19/h8-9,11-12,14H,2-7,10,13H2,1H3,(H,21,23). The molecule has 0 fully saturated rings. The lowest BCUT2D eigenvalue weighted by Crippen LogP contribution is -2.27. The van der Waals surface area contributed by atoms with Crippen molar-refractivity contribution < 1.29 is 9.53 Å². The van der Waals surface area contributed by atoms with E-state index in [0.29, 0.717) is 23.3 Å². The van der Waals surface area contributed by atoms with Gasteiger partial charge in [0.1, 0.15) is 5.75 Å². The number of benzene rings is 1. The summed E-state index contributed by atoms with van der Waals surface area (Å²) in [5, 5.41) is 0.813. The number of aromatic nitrogens is 1. The maximum atomic E-state index is 12.5. The molecule has 1 aromatic heterocycles. The van der Waals surface area contributed by atoms with Crippen LogP contribution >= 0.6 is 0 Å². The summed E-state index contributed by atoms with van der Waals surface area (Å²) >= 11 is 0. The van der Waals surface area contributed by atoms with Crippen LogP contribution in [0.3, 0.4) is 0 Å². The van der Waals surface area contributed by atoms with Crippen LogP contribution in [0, 0.1) is 0 Å². The number of pyridine rings is 1. The number of carbonyl (C=O) groups is 1. The minimum absolute atomic E-state index is 0.0271. The van der Waals surface area contributed by atoms with Crippen LogP contribution in [0.4, 0.5) is 0 Å². The number of H-pyrrole nitrogens is 1. The molecule has 1 N–H and O–H groups in total. The third kappa shape index (κ3) is 3.53. The summed E-state index contributed by atoms with van der Waals surface area (Å²) < 4.78 is 5.46. The largest absolute Gasteiger partial charge is 0.425 e. The number of rotatable bonds is 7. The van der Waals surface area contributed by atoms with E-state index in [-0.39, 0.29) is 17.4 Å². The predicted octanol–water partition coefficient (Wildman–Crippen LogP) is 4.67. The normalized spacial score (nSPS) is 16.9. The van der Waals surface area contributed by atoms with Gasteiger partial charge in [0.25, 0.3) is 5.56 Å². The molecule has 1 unspecified atom stereocenters. The molecule has 0 aliphatic carbocycles. The molecule has 2 heterocycles. The molecule has 0 saturated carbocycles. The second-order valence-electron chi connectivity index (χ2n) is 6.67. The van der Waals surface area contributed by atoms with Crippen LogP contribution in [-0.4, -0.2) is 11.0 Å². The lowest BCUT2D eigenvalue weighted by Gasteiger charge is -2.24. The SMILES string of the molecule is CCCCCCCCC1CC(=O)Oc2c1c(=O)[nH]c1ccccc21. The number of fused-ring (bicyclic) bond motifs is 3. The van der Waals surface area contributed by atoms with Gasteiger partial charge in [0.2, 0.25) is 0 Å². The quantitative estimate of drug-likeness (QED) is 0.594. The van der Waals surface area contributed by atoms with E-state index in [9.17, 15) is 9.59 Å². The molecule has 0 bridgehead atoms. The van der Waals surface area contributed by atoms with Crippen molar-refractivity contribution in [3.05, 3.63) is 40.2 Å². The zero-order valence-corrected chi connectivity index (χ0v) is 14.3. The molecule has 4 nitrogen and oxygen atoms in total. The summed E-state index contributed by atoms with van der Waals surface area (Å²) in [5.74, 6) is 0.219. The Morgan fingerprint density at radius 1 is 1.08 bits per heavy atom. The summed E-state index contributed by atoms with van der Waals surface area (Å²) in [6.07, 6.45) is 8.41. The van der Waals surface area contributed by atoms with E-state index in [1.165, 1.54) is 25.7 Å². The molecular weight excluding hydrogens is 302 g/mol. The maximum absolute atomic E-state index is 12.5. The average molecular weight is 327 g/mol. The van der Waals surface area contributed by atoms with Crippen LogP contribution in [0.25, 0.3) is 10.9 Å². The highest BCUT2D eigenvalue weighted by Gasteiger charge is 2.31. The number of hydrogen-bond acceptors (Lipinski definition) is 3. The molecule has 0 radical (unpaired) electrons. The average Bonchev–Trinajstić information content (AvgIpc) is 2.57. The number of para-hydroxylation sites is 1. The first-order chi connectivity index (χ1) is 11.7. The highest BCUT2D eigenvalue weighted by molar-refractivity contribution is 5.90. The molecule has 1 aromatic carbocycles. The van der Waals surface area contributed by atoms with Gasteiger partial charge in [-0.1, -0.05) is 57.6 Å². The van der Waals surface area contributed by atoms with Crippen molar-refractivity contribution in [1.29, 1.82) is 0 Å². The minimum atomic E-state index is -0.228. The first kappa shape index (κ1) is 16.7. The molecule has 1 atom stereocenters. The predicted molar refractivity (Wildman–Crippen MR) is 95.6 cm³/mol. The smallest absolute Gasteiger partial charge is 0.311 e. The summed E-state index contributed by atoms with van der Waals surface area (Å²) in [7, 11) is 0. The fourth-order valence-electron chi connectivity index (χ4n) is 3.58. The van der Waals surface area contributed by atoms with Crippen molar-refractivity contribution in [2.75, 3.05) is 0 Å². The van der Waals surface area contributed by atoms with Gasteiger partial charge in [-0.15, -0.1) is 0 Å². The number of carbonyl (C=O) groups excluding carboxylic acids is 1. The number of unbranched alkanes of at least 4 members (excludes halogenated alkanes) is 5. The van der Waals surface area contributed by atoms with Gasteiger partial charge in [0.05, 0.1) is 17.5 Å². The van der Waals surface area contributed by atoms with Gasteiger partial charge in [-0.3, -0.25) is 9.59 Å². The molecule has 0 saturated heterocycles. The van der Waals surface area contributed by atoms with E-state index < -0.39 is 0 Å². The first-order valence-corrected chi connectivity index (χ1v) is 9.06. The Labute approximate surface area is 142 Å². The van der Waals surface area contributed by atoms with Crippen LogP contribution in [0.2, 0.25) is 0 Å². The van der Waals surface area contributed by atoms with E-state index in [1.54, 1.807) is 0 Å². The van der Waals surface area contributed by atoms with Gasteiger partial charge in [0, 0.05) is 11.3 Å². The van der Waals surface area contributed by atoms with E-state index in [0.717, 1.165) is 24.6 Å². The Balaban J connectivity index is 1.80. The Kier molecular flexibility index (Phi) is 5.34. The fraction of sp³-hybridized carbons (Fsp3) is 0.500. The lowest BCUT2D eigenvalue weighted by molar-refractivity contribution is -0.135. The van der Waals surface area contributed by atoms with E-state index in [2.05, 4.69) is 11.9 Å². The zero-order valence-electron chi connectivity index (χ0n) is 14.3. The Bertz CT molecular complexity index is 778. The van der Waals surface area contributed by atoms with Crippen LogP contribution in [0.15, 0.2) is 29.1 Å². The van der Waals surface area contributed by atoms with Gasteiger partial charge in [-0.05, 0) is 18.6 Å². The van der Waals surface area contributed by atoms with Gasteiger partial charge >= 0.3 is 5.97 Å². The molecular formula is C20H25NO3. The first-order valence-electron chi connectivity index (χ1n) is 9.06. The topological polar surface area (TPSA) is 59.2 Å². The molecule has 0 amide bonds. The molecule has 1 aliphatic rings. The second-order valence-corrected chi connectivity index (χ2v) is 6.67. The summed E-state index contributed by atoms with van der Waals surface area (Å²) in [6, 6.07) is 7.49. The van der Waals surface area contributed by atoms with Crippen molar-refractivity contribution in [3.63, 3.8) is 0 Å². The van der Waals surface area contributed by atoms with Gasteiger partial charge < -0.3 is 9.72 Å². The van der Waals surface area contributed by atoms with Gasteiger partial charge in [-0.2, -0.15) is 0 Å². The third-order valence-electron chi connectivity index (χ3n) is 4.85. The molecule has 4 heteroatoms. The third-order valence-corrected chi connectivity index (χ3v) is 4.85. The van der Waals surface area contributed by atoms with Crippen LogP contribution in [0.5, 0.6) is 5.75 Å². The number of nitrogens with one attached hydrogen (secondary N) is 1. The van der Waals surface area contributed by atoms with Crippen molar-refractivity contribution in [2.24, 2.45) is 0 Å². The maximum Gasteiger partial charge on any atom is 0.311 e. The van der Waals surface area contributed by atoms with E-state index in [1.807, 2.05) is 24.3 Å². The van der Waals surface area contributed by atoms with E-state index >= 15 is 0 Å². The Hall–Kier alpha value is -2.10. The summed E-state index contributed by atoms with van der Waals surface area (Å²) in [4.78, 5) is 27.5. The highest BCUT2D eigenvalue weighted by Crippen LogP contribution is 2.38. The molecule has 24 heavy (non-hydrogen) atoms. The lowest BCUT2D eigenvalue weighted by atomic mass is 9.88. The monoisotopic (exact) mass is 327 g/mol. The van der Waals surface area contributed by atoms with Crippen molar-refractivity contribution in [3.8, 4) is 5.75 Å². The van der Waals surface area contributed by atoms with Crippen molar-refractivity contribution >= 4 is 16.9 Å². The number of hydrogen-bond donors (Lipinski definition) is 1. The fourth-order valence-corrected chi connectivity index (χ4v) is 3.58. The second kappa shape index (κ2) is 7.65. The zero-order chi connectivity index (χ0) is 16.9. The van der Waals surface area contributed by atoms with Crippen LogP contribution in [0.1, 0.15) is 69.8 Å². The summed E-state index contributed by atoms with van der Waals surface area (Å²) in [6.45, 7) is 2.21. The number of ether oxygens (including phenoxy) is 1. The summed E-state index contributed by atoms with van der Waals surface area (Å²) in [5.41, 5.74) is 1.25. The van der Waals surface area contributed by atoms with Crippen LogP contribution in [-0.2, 0) is 4.79 Å². The van der Waals surface area contributed by atoms with Gasteiger partial charge in [0.15, 0.2) is 0 Å².